The fraction of sp³-hybridized carbons (Fsp3) is 0.417. The van der Waals surface area contributed by atoms with Crippen molar-refractivity contribution in [2.45, 2.75) is 39.5 Å². The number of nitrogens with zero attached hydrogens (tertiary/aromatic N) is 1. The van der Waals surface area contributed by atoms with Gasteiger partial charge in [0.1, 0.15) is 5.75 Å². The van der Waals surface area contributed by atoms with E-state index in [1.54, 1.807) is 36.4 Å². The number of aromatic hydroxyl groups is 1. The van der Waals surface area contributed by atoms with Crippen LogP contribution < -0.4 is 16.0 Å². The molecule has 0 radical (unpaired) electrons. The van der Waals surface area contributed by atoms with E-state index in [-0.39, 0.29) is 28.6 Å². The van der Waals surface area contributed by atoms with Gasteiger partial charge in [-0.3, -0.25) is 9.59 Å². The summed E-state index contributed by atoms with van der Waals surface area (Å²) in [5.74, 6) is -0.733. The van der Waals surface area contributed by atoms with Crippen molar-refractivity contribution >= 4 is 17.4 Å². The average molecular weight is 412 g/mol. The minimum absolute atomic E-state index is 0.0838. The minimum Gasteiger partial charge on any atom is -0.507 e. The van der Waals surface area contributed by atoms with E-state index in [1.807, 2.05) is 19.9 Å². The van der Waals surface area contributed by atoms with E-state index in [4.69, 9.17) is 5.73 Å². The second kappa shape index (κ2) is 12.0. The van der Waals surface area contributed by atoms with Gasteiger partial charge >= 0.3 is 0 Å². The summed E-state index contributed by atoms with van der Waals surface area (Å²) in [6.45, 7) is 6.91. The van der Waals surface area contributed by atoms with Crippen LogP contribution in [-0.4, -0.2) is 43.0 Å². The molecular formula is C24H33N3O3. The van der Waals surface area contributed by atoms with Crippen molar-refractivity contribution in [3.05, 3.63) is 59.2 Å². The molecule has 0 heterocycles. The number of hydrogen-bond acceptors (Lipinski definition) is 5. The molecule has 0 spiro atoms. The third kappa shape index (κ3) is 6.07. The number of nitrogens with one attached hydrogen (secondary N) is 1. The van der Waals surface area contributed by atoms with Crippen LogP contribution >= 0.6 is 0 Å². The maximum atomic E-state index is 13.1. The van der Waals surface area contributed by atoms with Gasteiger partial charge in [-0.05, 0) is 51.4 Å². The first-order chi connectivity index (χ1) is 14.5. The Balaban J connectivity index is 2.14. The number of carbonyl (C=O) groups excluding carboxylic acids is 2. The van der Waals surface area contributed by atoms with Crippen LogP contribution in [0.2, 0.25) is 0 Å². The van der Waals surface area contributed by atoms with Gasteiger partial charge < -0.3 is 21.1 Å². The van der Waals surface area contributed by atoms with E-state index in [2.05, 4.69) is 10.2 Å². The molecule has 0 aromatic heterocycles. The Kier molecular flexibility index (Phi) is 9.35. The number of hydrogen-bond donors (Lipinski definition) is 3. The summed E-state index contributed by atoms with van der Waals surface area (Å²) in [4.78, 5) is 27.8. The topological polar surface area (TPSA) is 95.7 Å². The molecule has 6 heteroatoms. The molecule has 4 N–H and O–H groups in total. The molecular weight excluding hydrogens is 378 g/mol. The van der Waals surface area contributed by atoms with Crippen molar-refractivity contribution in [1.29, 1.82) is 0 Å². The van der Waals surface area contributed by atoms with Crippen molar-refractivity contribution in [2.75, 3.05) is 31.1 Å². The van der Waals surface area contributed by atoms with Gasteiger partial charge in [0.15, 0.2) is 5.78 Å². The Hall–Kier alpha value is -2.86. The van der Waals surface area contributed by atoms with E-state index in [0.29, 0.717) is 18.7 Å². The van der Waals surface area contributed by atoms with Gasteiger partial charge in [-0.1, -0.05) is 31.0 Å². The number of unbranched alkanes of at least 4 members (excludes halogenated alkanes) is 3. The zero-order valence-electron chi connectivity index (χ0n) is 18.0. The van der Waals surface area contributed by atoms with Gasteiger partial charge in [-0.15, -0.1) is 0 Å². The molecule has 1 amide bonds. The first-order valence-corrected chi connectivity index (χ1v) is 10.7. The van der Waals surface area contributed by atoms with Crippen LogP contribution in [0.25, 0.3) is 0 Å². The molecule has 30 heavy (non-hydrogen) atoms. The highest BCUT2D eigenvalue weighted by molar-refractivity contribution is 6.16. The maximum Gasteiger partial charge on any atom is 0.252 e. The summed E-state index contributed by atoms with van der Waals surface area (Å²) in [7, 11) is 0. The van der Waals surface area contributed by atoms with Crippen LogP contribution in [0.5, 0.6) is 5.75 Å². The van der Waals surface area contributed by atoms with Gasteiger partial charge in [0, 0.05) is 37.0 Å². The first kappa shape index (κ1) is 23.4. The van der Waals surface area contributed by atoms with Crippen molar-refractivity contribution in [1.82, 2.24) is 5.32 Å². The van der Waals surface area contributed by atoms with Crippen LogP contribution in [0.1, 0.15) is 65.8 Å². The van der Waals surface area contributed by atoms with Crippen molar-refractivity contribution < 1.29 is 14.7 Å². The molecule has 6 nitrogen and oxygen atoms in total. The molecule has 2 rings (SSSR count). The molecule has 0 aliphatic heterocycles. The third-order valence-electron chi connectivity index (χ3n) is 5.19. The lowest BCUT2D eigenvalue weighted by Gasteiger charge is -2.21. The third-order valence-corrected chi connectivity index (χ3v) is 5.19. The van der Waals surface area contributed by atoms with Crippen molar-refractivity contribution in [3.63, 3.8) is 0 Å². The van der Waals surface area contributed by atoms with Gasteiger partial charge in [0.25, 0.3) is 5.91 Å². The number of amides is 1. The fourth-order valence-corrected chi connectivity index (χ4v) is 3.44. The number of benzene rings is 2. The Labute approximate surface area is 179 Å². The fourth-order valence-electron chi connectivity index (χ4n) is 3.44. The second-order valence-electron chi connectivity index (χ2n) is 7.21. The molecule has 0 aliphatic rings. The van der Waals surface area contributed by atoms with Crippen molar-refractivity contribution in [3.8, 4) is 5.75 Å². The highest BCUT2D eigenvalue weighted by Crippen LogP contribution is 2.27. The molecule has 2 aromatic carbocycles. The van der Waals surface area contributed by atoms with Crippen LogP contribution in [0.3, 0.4) is 0 Å². The van der Waals surface area contributed by atoms with Gasteiger partial charge in [0.05, 0.1) is 11.1 Å². The largest absolute Gasteiger partial charge is 0.507 e. The van der Waals surface area contributed by atoms with E-state index in [1.165, 1.54) is 0 Å². The second-order valence-corrected chi connectivity index (χ2v) is 7.21. The highest BCUT2D eigenvalue weighted by Gasteiger charge is 2.20. The average Bonchev–Trinajstić information content (AvgIpc) is 2.76. The van der Waals surface area contributed by atoms with E-state index in [9.17, 15) is 14.7 Å². The highest BCUT2D eigenvalue weighted by atomic mass is 16.3. The Morgan fingerprint density at radius 3 is 2.23 bits per heavy atom. The van der Waals surface area contributed by atoms with E-state index < -0.39 is 0 Å². The number of nitrogens with two attached hydrogens (primary N) is 1. The quantitative estimate of drug-likeness (QED) is 0.365. The molecule has 0 fully saturated rings. The number of phenolic OH excluding ortho intramolecular Hbond substituents is 1. The lowest BCUT2D eigenvalue weighted by Crippen LogP contribution is -2.26. The number of anilines is 1. The predicted octanol–water partition coefficient (Wildman–Crippen LogP) is 3.72. The SMILES string of the molecule is CCN(CC)c1ccc(C(=O)c2ccccc2C(=O)NCCCCCCN)c(O)c1. The van der Waals surface area contributed by atoms with E-state index in [0.717, 1.165) is 44.5 Å². The lowest BCUT2D eigenvalue weighted by molar-refractivity contribution is 0.0941. The van der Waals surface area contributed by atoms with Gasteiger partial charge in [-0.25, -0.2) is 0 Å². The van der Waals surface area contributed by atoms with Crippen LogP contribution in [-0.2, 0) is 0 Å². The summed E-state index contributed by atoms with van der Waals surface area (Å²) in [5.41, 5.74) is 7.13. The molecule has 0 saturated heterocycles. The molecule has 0 aliphatic carbocycles. The number of ketones is 1. The molecule has 0 bridgehead atoms. The monoisotopic (exact) mass is 411 g/mol. The summed E-state index contributed by atoms with van der Waals surface area (Å²) >= 11 is 0. The number of phenols is 1. The lowest BCUT2D eigenvalue weighted by atomic mass is 9.97. The van der Waals surface area contributed by atoms with E-state index >= 15 is 0 Å². The maximum absolute atomic E-state index is 13.1. The number of carbonyl (C=O) groups is 2. The van der Waals surface area contributed by atoms with Crippen LogP contribution in [0.15, 0.2) is 42.5 Å². The molecule has 162 valence electrons. The minimum atomic E-state index is -0.368. The first-order valence-electron chi connectivity index (χ1n) is 10.7. The summed E-state index contributed by atoms with van der Waals surface area (Å²) < 4.78 is 0. The Morgan fingerprint density at radius 1 is 0.933 bits per heavy atom. The number of rotatable bonds is 12. The predicted molar refractivity (Wildman–Crippen MR) is 121 cm³/mol. The molecule has 0 atom stereocenters. The molecule has 0 unspecified atom stereocenters. The van der Waals surface area contributed by atoms with Crippen molar-refractivity contribution in [2.24, 2.45) is 5.73 Å². The molecule has 2 aromatic rings. The zero-order valence-corrected chi connectivity index (χ0v) is 18.0. The van der Waals surface area contributed by atoms with Gasteiger partial charge in [-0.2, -0.15) is 0 Å². The van der Waals surface area contributed by atoms with Crippen LogP contribution in [0, 0.1) is 0 Å². The summed E-state index contributed by atoms with van der Waals surface area (Å²) in [5, 5.41) is 13.4. The Morgan fingerprint density at radius 2 is 1.60 bits per heavy atom. The van der Waals surface area contributed by atoms with Crippen LogP contribution in [0.4, 0.5) is 5.69 Å². The molecule has 0 saturated carbocycles. The summed E-state index contributed by atoms with van der Waals surface area (Å²) in [6.07, 6.45) is 3.91. The zero-order chi connectivity index (χ0) is 21.9. The summed E-state index contributed by atoms with van der Waals surface area (Å²) in [6, 6.07) is 11.8. The Bertz CT molecular complexity index is 847. The standard InChI is InChI=1S/C24H33N3O3/c1-3-27(4-2)18-13-14-21(22(28)17-18)23(29)19-11-7-8-12-20(19)24(30)26-16-10-6-5-9-15-25/h7-8,11-14,17,28H,3-6,9-10,15-16,25H2,1-2H3,(H,26,30). The smallest absolute Gasteiger partial charge is 0.252 e. The normalized spacial score (nSPS) is 10.6. The van der Waals surface area contributed by atoms with Gasteiger partial charge in [0.2, 0.25) is 0 Å².